The Hall–Kier alpha value is -2.06. The van der Waals surface area contributed by atoms with Crippen LogP contribution in [0.4, 0.5) is 0 Å². The summed E-state index contributed by atoms with van der Waals surface area (Å²) >= 11 is 0. The van der Waals surface area contributed by atoms with Crippen LogP contribution in [0.2, 0.25) is 0 Å². The standard InChI is InChI=1S/C20H24N2/c1-14-8-9-15(2)17(10-14)12-22-13-19(16(3)11-21)18-6-4-5-7-20(18)22/h4-10,13,16H,11-12,21H2,1-3H3. The number of fused-ring (bicyclic) bond motifs is 1. The molecule has 2 N–H and O–H groups in total. The Morgan fingerprint density at radius 2 is 1.86 bits per heavy atom. The van der Waals surface area contributed by atoms with Crippen LogP contribution in [0.15, 0.2) is 48.7 Å². The molecule has 0 aliphatic heterocycles. The van der Waals surface area contributed by atoms with Crippen LogP contribution in [0.25, 0.3) is 10.9 Å². The lowest BCUT2D eigenvalue weighted by molar-refractivity contribution is 0.762. The van der Waals surface area contributed by atoms with Crippen molar-refractivity contribution in [3.8, 4) is 0 Å². The second kappa shape index (κ2) is 5.98. The van der Waals surface area contributed by atoms with Gasteiger partial charge in [0.25, 0.3) is 0 Å². The van der Waals surface area contributed by atoms with E-state index >= 15 is 0 Å². The summed E-state index contributed by atoms with van der Waals surface area (Å²) in [6.45, 7) is 8.12. The average molecular weight is 292 g/mol. The van der Waals surface area contributed by atoms with Gasteiger partial charge in [-0.1, -0.05) is 48.9 Å². The number of hydrogen-bond acceptors (Lipinski definition) is 1. The number of aromatic nitrogens is 1. The lowest BCUT2D eigenvalue weighted by Gasteiger charge is -2.10. The van der Waals surface area contributed by atoms with Crippen LogP contribution < -0.4 is 5.73 Å². The second-order valence-corrected chi connectivity index (χ2v) is 6.30. The number of para-hydroxylation sites is 1. The van der Waals surface area contributed by atoms with Gasteiger partial charge >= 0.3 is 0 Å². The Bertz CT molecular complexity index is 799. The number of benzene rings is 2. The summed E-state index contributed by atoms with van der Waals surface area (Å²) in [6.07, 6.45) is 2.28. The highest BCUT2D eigenvalue weighted by Gasteiger charge is 2.13. The van der Waals surface area contributed by atoms with Gasteiger partial charge in [-0.05, 0) is 49.1 Å². The van der Waals surface area contributed by atoms with Crippen LogP contribution in [0, 0.1) is 13.8 Å². The van der Waals surface area contributed by atoms with Crippen LogP contribution in [0.5, 0.6) is 0 Å². The first-order valence-electron chi connectivity index (χ1n) is 7.94. The number of nitrogens with zero attached hydrogens (tertiary/aromatic N) is 1. The van der Waals surface area contributed by atoms with Gasteiger partial charge in [0.15, 0.2) is 0 Å². The van der Waals surface area contributed by atoms with Crippen molar-refractivity contribution in [2.75, 3.05) is 6.54 Å². The van der Waals surface area contributed by atoms with Gasteiger partial charge in [-0.25, -0.2) is 0 Å². The van der Waals surface area contributed by atoms with Crippen molar-refractivity contribution in [2.24, 2.45) is 5.73 Å². The summed E-state index contributed by atoms with van der Waals surface area (Å²) in [5.41, 5.74) is 12.6. The van der Waals surface area contributed by atoms with E-state index in [-0.39, 0.29) is 0 Å². The highest BCUT2D eigenvalue weighted by molar-refractivity contribution is 5.84. The average Bonchev–Trinajstić information content (AvgIpc) is 2.89. The molecule has 1 unspecified atom stereocenters. The van der Waals surface area contributed by atoms with E-state index in [2.05, 4.69) is 74.0 Å². The Balaban J connectivity index is 2.09. The summed E-state index contributed by atoms with van der Waals surface area (Å²) < 4.78 is 2.36. The molecule has 0 bridgehead atoms. The van der Waals surface area contributed by atoms with E-state index in [1.54, 1.807) is 0 Å². The van der Waals surface area contributed by atoms with Gasteiger partial charge in [0.2, 0.25) is 0 Å². The minimum Gasteiger partial charge on any atom is -0.343 e. The first-order valence-corrected chi connectivity index (χ1v) is 7.94. The fraction of sp³-hybridized carbons (Fsp3) is 0.300. The van der Waals surface area contributed by atoms with Crippen molar-refractivity contribution in [2.45, 2.75) is 33.2 Å². The van der Waals surface area contributed by atoms with Crippen LogP contribution in [-0.2, 0) is 6.54 Å². The van der Waals surface area contributed by atoms with Gasteiger partial charge in [-0.2, -0.15) is 0 Å². The van der Waals surface area contributed by atoms with Crippen LogP contribution in [0.3, 0.4) is 0 Å². The normalized spacial score (nSPS) is 12.7. The quantitative estimate of drug-likeness (QED) is 0.760. The zero-order valence-corrected chi connectivity index (χ0v) is 13.6. The molecule has 0 saturated carbocycles. The van der Waals surface area contributed by atoms with Crippen molar-refractivity contribution < 1.29 is 0 Å². The minimum atomic E-state index is 0.379. The maximum absolute atomic E-state index is 5.89. The fourth-order valence-electron chi connectivity index (χ4n) is 3.08. The summed E-state index contributed by atoms with van der Waals surface area (Å²) in [4.78, 5) is 0. The molecule has 0 aliphatic rings. The molecule has 2 aromatic carbocycles. The van der Waals surface area contributed by atoms with Gasteiger partial charge in [-0.3, -0.25) is 0 Å². The largest absolute Gasteiger partial charge is 0.343 e. The van der Waals surface area contributed by atoms with Crippen molar-refractivity contribution >= 4 is 10.9 Å². The minimum absolute atomic E-state index is 0.379. The van der Waals surface area contributed by atoms with Crippen molar-refractivity contribution in [1.82, 2.24) is 4.57 Å². The van der Waals surface area contributed by atoms with Gasteiger partial charge in [0, 0.05) is 23.6 Å². The first kappa shape index (κ1) is 14.9. The molecule has 0 saturated heterocycles. The summed E-state index contributed by atoms with van der Waals surface area (Å²) in [6, 6.07) is 15.3. The third kappa shape index (κ3) is 2.67. The zero-order valence-electron chi connectivity index (χ0n) is 13.6. The molecule has 0 aliphatic carbocycles. The molecule has 3 aromatic rings. The molecule has 0 radical (unpaired) electrons. The van der Waals surface area contributed by atoms with E-state index in [9.17, 15) is 0 Å². The molecule has 2 heteroatoms. The third-order valence-corrected chi connectivity index (χ3v) is 4.55. The molecule has 2 nitrogen and oxygen atoms in total. The monoisotopic (exact) mass is 292 g/mol. The molecule has 0 amide bonds. The number of aryl methyl sites for hydroxylation is 2. The van der Waals surface area contributed by atoms with Gasteiger partial charge < -0.3 is 10.3 Å². The predicted molar refractivity (Wildman–Crippen MR) is 94.4 cm³/mol. The lowest BCUT2D eigenvalue weighted by atomic mass is 10.0. The molecule has 3 rings (SSSR count). The van der Waals surface area contributed by atoms with Crippen molar-refractivity contribution in [3.05, 3.63) is 70.9 Å². The molecule has 1 aromatic heterocycles. The van der Waals surface area contributed by atoms with Crippen molar-refractivity contribution in [3.63, 3.8) is 0 Å². The highest BCUT2D eigenvalue weighted by atomic mass is 15.0. The van der Waals surface area contributed by atoms with E-state index < -0.39 is 0 Å². The van der Waals surface area contributed by atoms with E-state index in [4.69, 9.17) is 5.73 Å². The van der Waals surface area contributed by atoms with Gasteiger partial charge in [-0.15, -0.1) is 0 Å². The maximum Gasteiger partial charge on any atom is 0.0486 e. The van der Waals surface area contributed by atoms with E-state index in [0.717, 1.165) is 6.54 Å². The molecular formula is C20H24N2. The molecule has 22 heavy (non-hydrogen) atoms. The SMILES string of the molecule is Cc1ccc(C)c(Cn2cc(C(C)CN)c3ccccc32)c1. The molecule has 114 valence electrons. The number of hydrogen-bond donors (Lipinski definition) is 1. The van der Waals surface area contributed by atoms with E-state index in [1.165, 1.54) is 33.2 Å². The van der Waals surface area contributed by atoms with Crippen LogP contribution in [-0.4, -0.2) is 11.1 Å². The Labute approximate surface area is 132 Å². The molecule has 0 fully saturated rings. The Morgan fingerprint density at radius 1 is 1.09 bits per heavy atom. The second-order valence-electron chi connectivity index (χ2n) is 6.30. The smallest absolute Gasteiger partial charge is 0.0486 e. The Morgan fingerprint density at radius 3 is 2.64 bits per heavy atom. The summed E-state index contributed by atoms with van der Waals surface area (Å²) in [5.74, 6) is 0.379. The van der Waals surface area contributed by atoms with Gasteiger partial charge in [0.05, 0.1) is 0 Å². The number of nitrogens with two attached hydrogens (primary N) is 1. The van der Waals surface area contributed by atoms with Crippen LogP contribution in [0.1, 0.15) is 35.1 Å². The summed E-state index contributed by atoms with van der Waals surface area (Å²) in [5, 5.41) is 1.32. The number of rotatable bonds is 4. The van der Waals surface area contributed by atoms with E-state index in [1.807, 2.05) is 0 Å². The fourth-order valence-corrected chi connectivity index (χ4v) is 3.08. The zero-order chi connectivity index (χ0) is 15.7. The summed E-state index contributed by atoms with van der Waals surface area (Å²) in [7, 11) is 0. The molecule has 1 atom stereocenters. The first-order chi connectivity index (χ1) is 10.6. The third-order valence-electron chi connectivity index (χ3n) is 4.55. The highest BCUT2D eigenvalue weighted by Crippen LogP contribution is 2.28. The Kier molecular flexibility index (Phi) is 4.04. The topological polar surface area (TPSA) is 30.9 Å². The molecule has 1 heterocycles. The van der Waals surface area contributed by atoms with Crippen LogP contribution >= 0.6 is 0 Å². The maximum atomic E-state index is 5.89. The van der Waals surface area contributed by atoms with E-state index in [0.29, 0.717) is 12.5 Å². The van der Waals surface area contributed by atoms with Gasteiger partial charge in [0.1, 0.15) is 0 Å². The lowest BCUT2D eigenvalue weighted by Crippen LogP contribution is -2.08. The predicted octanol–water partition coefficient (Wildman–Crippen LogP) is 4.37. The van der Waals surface area contributed by atoms with Crippen molar-refractivity contribution in [1.29, 1.82) is 0 Å². The molecular weight excluding hydrogens is 268 g/mol. The molecule has 0 spiro atoms.